The number of anilines is 2. The van der Waals surface area contributed by atoms with E-state index in [1.165, 1.54) is 61.2 Å². The van der Waals surface area contributed by atoms with Gasteiger partial charge in [0.2, 0.25) is 5.91 Å². The molecule has 1 aliphatic carbocycles. The lowest BCUT2D eigenvalue weighted by molar-refractivity contribution is -0.119. The number of benzene rings is 3. The molecule has 2 N–H and O–H groups in total. The van der Waals surface area contributed by atoms with Gasteiger partial charge < -0.3 is 15.0 Å². The van der Waals surface area contributed by atoms with Crippen LogP contribution in [0.5, 0.6) is 0 Å². The molecule has 17 heteroatoms. The molecule has 0 saturated heterocycles. The van der Waals surface area contributed by atoms with Crippen molar-refractivity contribution in [2.45, 2.75) is 129 Å². The zero-order valence-electron chi connectivity index (χ0n) is 38.7. The number of aliphatic imine (C=N–C) groups is 1. The number of halogens is 1. The largest absolute Gasteiger partial charge is 0.460 e. The fourth-order valence-electron chi connectivity index (χ4n) is 8.32. The van der Waals surface area contributed by atoms with Gasteiger partial charge in [0, 0.05) is 37.6 Å². The number of carbonyl (C=O) groups excluding carboxylic acids is 3. The highest BCUT2D eigenvalue weighted by Crippen LogP contribution is 2.37. The Kier molecular flexibility index (Phi) is 18.6. The van der Waals surface area contributed by atoms with Crippen LogP contribution in [0.3, 0.4) is 0 Å². The summed E-state index contributed by atoms with van der Waals surface area (Å²) in [7, 11) is -4.30. The predicted molar refractivity (Wildman–Crippen MR) is 263 cm³/mol. The average molecular weight is 954 g/mol. The molecule has 0 fully saturated rings. The monoisotopic (exact) mass is 952 g/mol. The minimum atomic E-state index is -4.30. The second-order valence-corrected chi connectivity index (χ2v) is 18.7. The zero-order chi connectivity index (χ0) is 47.8. The van der Waals surface area contributed by atoms with Crippen LogP contribution in [0.25, 0.3) is 11.2 Å². The Labute approximate surface area is 397 Å². The van der Waals surface area contributed by atoms with Crippen molar-refractivity contribution in [2.75, 3.05) is 29.9 Å². The molecular weight excluding hydrogens is 892 g/mol. The number of sulfonamides is 1. The van der Waals surface area contributed by atoms with Crippen LogP contribution in [-0.4, -0.2) is 71.1 Å². The highest BCUT2D eigenvalue weighted by Gasteiger charge is 2.27. The van der Waals surface area contributed by atoms with Gasteiger partial charge >= 0.3 is 5.97 Å². The zero-order valence-corrected chi connectivity index (χ0v) is 40.3. The molecule has 0 unspecified atom stereocenters. The fraction of sp³-hybridized carbons (Fsp3) is 0.440. The van der Waals surface area contributed by atoms with Crippen molar-refractivity contribution in [2.24, 2.45) is 4.99 Å². The molecule has 67 heavy (non-hydrogen) atoms. The van der Waals surface area contributed by atoms with Crippen molar-refractivity contribution in [1.29, 1.82) is 0 Å². The van der Waals surface area contributed by atoms with Crippen molar-refractivity contribution in [3.8, 4) is 0 Å². The number of unbranched alkanes of at least 4 members (excludes halogenated alkanes) is 9. The van der Waals surface area contributed by atoms with Crippen LogP contribution < -0.4 is 20.5 Å². The number of hydrogen-bond donors (Lipinski definition) is 2. The van der Waals surface area contributed by atoms with E-state index in [-0.39, 0.29) is 57.9 Å². The minimum Gasteiger partial charge on any atom is -0.460 e. The lowest BCUT2D eigenvalue weighted by Gasteiger charge is -2.29. The van der Waals surface area contributed by atoms with E-state index < -0.39 is 33.4 Å². The SMILES string of the molecule is CCCCCCCCCCCCC(=O)NS(=O)(=O)c1ccc(NC(=O)C(=Nc2ccc(N(CC)CC)c3c2CCCC3)c2nc3nccnc3c(=O)n2CCOC(=O)c2ccccc2)c(Cl)c1. The summed E-state index contributed by atoms with van der Waals surface area (Å²) in [4.78, 5) is 74.9. The summed E-state index contributed by atoms with van der Waals surface area (Å²) in [5, 5.41) is 2.62. The standard InChI is InChI=1S/C50H61ClN8O7S/c1-4-7-8-9-10-11-12-13-14-18-25-43(60)57-67(64,65)36-26-27-41(39(51)34-36)55-48(61)45(54-40-28-29-42(58(5-2)6-3)38-24-20-19-23-37(38)40)47-56-46-44(52-30-31-53-46)49(62)59(47)32-33-66-50(63)35-21-16-15-17-22-35/h15-17,21-22,26-31,34H,4-14,18-20,23-25,32-33H2,1-3H3,(H,55,61)(H,57,60). The van der Waals surface area contributed by atoms with E-state index in [2.05, 4.69) is 50.7 Å². The van der Waals surface area contributed by atoms with E-state index in [9.17, 15) is 27.6 Å². The topological polar surface area (TPSA) is 195 Å². The Morgan fingerprint density at radius 2 is 1.51 bits per heavy atom. The van der Waals surface area contributed by atoms with Gasteiger partial charge in [-0.3, -0.25) is 19.0 Å². The highest BCUT2D eigenvalue weighted by molar-refractivity contribution is 7.90. The number of carbonyl (C=O) groups is 3. The number of fused-ring (bicyclic) bond motifs is 2. The van der Waals surface area contributed by atoms with Crippen molar-refractivity contribution in [3.05, 3.63) is 111 Å². The predicted octanol–water partition coefficient (Wildman–Crippen LogP) is 9.30. The first-order valence-corrected chi connectivity index (χ1v) is 25.4. The van der Waals surface area contributed by atoms with Gasteiger partial charge in [0.15, 0.2) is 22.7 Å². The molecule has 0 radical (unpaired) electrons. The summed E-state index contributed by atoms with van der Waals surface area (Å²) in [6, 6.07) is 15.9. The molecule has 2 heterocycles. The van der Waals surface area contributed by atoms with Crippen molar-refractivity contribution in [1.82, 2.24) is 24.2 Å². The number of esters is 1. The molecule has 0 aliphatic heterocycles. The normalized spacial score (nSPS) is 12.7. The van der Waals surface area contributed by atoms with Gasteiger partial charge in [0.05, 0.1) is 33.4 Å². The first-order valence-electron chi connectivity index (χ1n) is 23.5. The number of amides is 2. The second-order valence-electron chi connectivity index (χ2n) is 16.6. The third-order valence-corrected chi connectivity index (χ3v) is 13.6. The van der Waals surface area contributed by atoms with E-state index in [0.29, 0.717) is 24.1 Å². The van der Waals surface area contributed by atoms with Crippen LogP contribution in [-0.2, 0) is 43.7 Å². The van der Waals surface area contributed by atoms with Crippen molar-refractivity contribution >= 4 is 73.3 Å². The third kappa shape index (κ3) is 13.3. The number of nitrogens with zero attached hydrogens (tertiary/aromatic N) is 6. The fourth-order valence-corrected chi connectivity index (χ4v) is 9.65. The Hall–Kier alpha value is -6.00. The Balaban J connectivity index is 1.29. The van der Waals surface area contributed by atoms with Crippen molar-refractivity contribution in [3.63, 3.8) is 0 Å². The number of aromatic nitrogens is 4. The number of ether oxygens (including phenoxy) is 1. The molecular formula is C50H61ClN8O7S. The molecule has 356 valence electrons. The van der Waals surface area contributed by atoms with E-state index in [0.717, 1.165) is 80.9 Å². The van der Waals surface area contributed by atoms with Crippen LogP contribution in [0, 0.1) is 0 Å². The first kappa shape index (κ1) is 50.4. The van der Waals surface area contributed by atoms with Gasteiger partial charge in [-0.25, -0.2) is 37.9 Å². The highest BCUT2D eigenvalue weighted by atomic mass is 35.5. The molecule has 0 bridgehead atoms. The van der Waals surface area contributed by atoms with Crippen LogP contribution in [0.2, 0.25) is 5.02 Å². The summed E-state index contributed by atoms with van der Waals surface area (Å²) in [6.45, 7) is 7.50. The summed E-state index contributed by atoms with van der Waals surface area (Å²) >= 11 is 6.69. The van der Waals surface area contributed by atoms with E-state index in [1.54, 1.807) is 30.3 Å². The summed E-state index contributed by atoms with van der Waals surface area (Å²) in [6.07, 6.45) is 17.0. The average Bonchev–Trinajstić information content (AvgIpc) is 3.33. The molecule has 15 nitrogen and oxygen atoms in total. The molecule has 5 aromatic rings. The Morgan fingerprint density at radius 1 is 0.836 bits per heavy atom. The Morgan fingerprint density at radius 3 is 2.19 bits per heavy atom. The molecule has 2 aromatic heterocycles. The molecule has 6 rings (SSSR count). The third-order valence-electron chi connectivity index (χ3n) is 11.9. The lowest BCUT2D eigenvalue weighted by Crippen LogP contribution is -2.35. The first-order chi connectivity index (χ1) is 32.4. The number of nitrogens with one attached hydrogen (secondary N) is 2. The molecule has 0 spiro atoms. The van der Waals surface area contributed by atoms with Gasteiger partial charge in [-0.2, -0.15) is 0 Å². The maximum Gasteiger partial charge on any atom is 0.338 e. The molecule has 0 atom stereocenters. The molecule has 0 saturated carbocycles. The van der Waals surface area contributed by atoms with Gasteiger partial charge in [0.25, 0.3) is 21.5 Å². The molecule has 3 aromatic carbocycles. The Bertz CT molecular complexity index is 2720. The van der Waals surface area contributed by atoms with E-state index >= 15 is 0 Å². The van der Waals surface area contributed by atoms with Gasteiger partial charge in [0.1, 0.15) is 6.61 Å². The van der Waals surface area contributed by atoms with Crippen molar-refractivity contribution < 1.29 is 27.5 Å². The van der Waals surface area contributed by atoms with Gasteiger partial charge in [-0.05, 0) is 99.5 Å². The number of hydrogen-bond acceptors (Lipinski definition) is 12. The molecule has 1 aliphatic rings. The van der Waals surface area contributed by atoms with Gasteiger partial charge in [-0.15, -0.1) is 0 Å². The lowest BCUT2D eigenvalue weighted by atomic mass is 9.88. The quantitative estimate of drug-likeness (QED) is 0.0340. The number of rotatable bonds is 24. The van der Waals surface area contributed by atoms with Gasteiger partial charge in [-0.1, -0.05) is 94.5 Å². The summed E-state index contributed by atoms with van der Waals surface area (Å²) < 4.78 is 35.6. The molecule has 2 amide bonds. The maximum absolute atomic E-state index is 14.8. The summed E-state index contributed by atoms with van der Waals surface area (Å²) in [5.74, 6) is -2.23. The van der Waals surface area contributed by atoms with Crippen LogP contribution >= 0.6 is 11.6 Å². The maximum atomic E-state index is 14.8. The van der Waals surface area contributed by atoms with Crippen LogP contribution in [0.15, 0.2) is 87.7 Å². The van der Waals surface area contributed by atoms with Crippen LogP contribution in [0.1, 0.15) is 132 Å². The van der Waals surface area contributed by atoms with E-state index in [1.807, 2.05) is 12.1 Å². The second kappa shape index (κ2) is 24.7. The minimum absolute atomic E-state index is 0.0279. The smallest absolute Gasteiger partial charge is 0.338 e. The van der Waals surface area contributed by atoms with Crippen LogP contribution in [0.4, 0.5) is 17.1 Å². The summed E-state index contributed by atoms with van der Waals surface area (Å²) in [5.41, 5.74) is 3.01. The van der Waals surface area contributed by atoms with E-state index in [4.69, 9.17) is 21.3 Å².